The molecule has 37 heavy (non-hydrogen) atoms. The Balaban J connectivity index is 1.66. The highest BCUT2D eigenvalue weighted by Gasteiger charge is 2.22. The lowest BCUT2D eigenvalue weighted by molar-refractivity contribution is 0.220. The molecule has 1 aliphatic rings. The molecule has 200 valence electrons. The van der Waals surface area contributed by atoms with Crippen molar-refractivity contribution in [2.45, 2.75) is 27.2 Å². The lowest BCUT2D eigenvalue weighted by atomic mass is 9.99. The average Bonchev–Trinajstić information content (AvgIpc) is 2.89. The smallest absolute Gasteiger partial charge is 0.330 e. The summed E-state index contributed by atoms with van der Waals surface area (Å²) in [6, 6.07) is 17.2. The molecular formula is C30H42N3O3P. The van der Waals surface area contributed by atoms with Crippen LogP contribution in [0.1, 0.15) is 37.0 Å². The molecule has 0 aliphatic carbocycles. The van der Waals surface area contributed by atoms with E-state index in [4.69, 9.17) is 9.05 Å². The van der Waals surface area contributed by atoms with Crippen LogP contribution in [0.15, 0.2) is 65.7 Å². The fourth-order valence-electron chi connectivity index (χ4n) is 4.30. The predicted octanol–water partition coefficient (Wildman–Crippen LogP) is 6.57. The zero-order valence-corrected chi connectivity index (χ0v) is 23.7. The molecule has 0 saturated carbocycles. The second-order valence-corrected chi connectivity index (χ2v) is 11.4. The first-order valence-electron chi connectivity index (χ1n) is 13.3. The molecule has 2 aromatic carbocycles. The molecule has 0 atom stereocenters. The second kappa shape index (κ2) is 15.0. The van der Waals surface area contributed by atoms with Crippen molar-refractivity contribution < 1.29 is 13.6 Å². The number of anilines is 1. The number of hydrogen-bond donors (Lipinski definition) is 0. The summed E-state index contributed by atoms with van der Waals surface area (Å²) < 4.78 is 23.3. The highest BCUT2D eigenvalue weighted by Crippen LogP contribution is 2.48. The third-order valence-corrected chi connectivity index (χ3v) is 8.57. The van der Waals surface area contributed by atoms with E-state index in [9.17, 15) is 4.57 Å². The molecule has 0 unspecified atom stereocenters. The minimum absolute atomic E-state index is 0.379. The Labute approximate surface area is 223 Å². The van der Waals surface area contributed by atoms with Gasteiger partial charge < -0.3 is 18.8 Å². The Bertz CT molecular complexity index is 1090. The maximum absolute atomic E-state index is 12.6. The van der Waals surface area contributed by atoms with Crippen molar-refractivity contribution in [2.24, 2.45) is 4.99 Å². The molecular weight excluding hydrogens is 481 g/mol. The van der Waals surface area contributed by atoms with Gasteiger partial charge >= 0.3 is 7.60 Å². The zero-order chi connectivity index (χ0) is 26.5. The topological polar surface area (TPSA) is 54.4 Å². The Hall–Kier alpha value is -2.50. The molecule has 1 fully saturated rings. The van der Waals surface area contributed by atoms with Gasteiger partial charge in [-0.3, -0.25) is 9.56 Å². The third-order valence-electron chi connectivity index (χ3n) is 6.40. The normalized spacial score (nSPS) is 15.8. The first kappa shape index (κ1) is 29.1. The number of piperazine rings is 1. The maximum Gasteiger partial charge on any atom is 0.330 e. The number of allylic oxidation sites excluding steroid dienone is 3. The Morgan fingerprint density at radius 1 is 1.00 bits per heavy atom. The van der Waals surface area contributed by atoms with Gasteiger partial charge in [0.1, 0.15) is 0 Å². The molecule has 6 nitrogen and oxygen atoms in total. The molecule has 0 bridgehead atoms. The summed E-state index contributed by atoms with van der Waals surface area (Å²) >= 11 is 0. The van der Waals surface area contributed by atoms with Crippen molar-refractivity contribution >= 4 is 31.1 Å². The maximum atomic E-state index is 12.6. The second-order valence-electron chi connectivity index (χ2n) is 9.23. The van der Waals surface area contributed by atoms with Gasteiger partial charge in [0, 0.05) is 44.6 Å². The van der Waals surface area contributed by atoms with Crippen LogP contribution < -0.4 is 4.90 Å². The molecule has 0 aromatic heterocycles. The monoisotopic (exact) mass is 523 g/mol. The van der Waals surface area contributed by atoms with E-state index in [2.05, 4.69) is 89.4 Å². The van der Waals surface area contributed by atoms with Crippen LogP contribution in [0.5, 0.6) is 0 Å². The van der Waals surface area contributed by atoms with E-state index in [1.54, 1.807) is 0 Å². The van der Waals surface area contributed by atoms with Gasteiger partial charge in [0.2, 0.25) is 0 Å². The van der Waals surface area contributed by atoms with E-state index in [-0.39, 0.29) is 0 Å². The number of likely N-dealkylation sites (N-methyl/N-ethyl adjacent to an activating group) is 1. The number of aryl methyl sites for hydroxylation is 1. The molecule has 0 amide bonds. The quantitative estimate of drug-likeness (QED) is 0.129. The third kappa shape index (κ3) is 9.39. The predicted molar refractivity (Wildman–Crippen MR) is 158 cm³/mol. The first-order chi connectivity index (χ1) is 17.9. The molecule has 1 saturated heterocycles. The van der Waals surface area contributed by atoms with E-state index < -0.39 is 7.60 Å². The molecule has 3 rings (SSSR count). The van der Waals surface area contributed by atoms with E-state index in [0.717, 1.165) is 37.3 Å². The number of hydrogen-bond acceptors (Lipinski definition) is 6. The summed E-state index contributed by atoms with van der Waals surface area (Å²) in [6.45, 7) is 11.5. The Morgan fingerprint density at radius 3 is 2.32 bits per heavy atom. The fraction of sp³-hybridized carbons (Fsp3) is 0.433. The van der Waals surface area contributed by atoms with Crippen molar-refractivity contribution in [1.82, 2.24) is 4.90 Å². The van der Waals surface area contributed by atoms with Gasteiger partial charge in [-0.2, -0.15) is 0 Å². The van der Waals surface area contributed by atoms with Gasteiger partial charge in [-0.25, -0.2) is 0 Å². The van der Waals surface area contributed by atoms with Crippen molar-refractivity contribution in [2.75, 3.05) is 64.0 Å². The minimum atomic E-state index is -3.01. The van der Waals surface area contributed by atoms with E-state index in [0.29, 0.717) is 32.3 Å². The molecule has 0 radical (unpaired) electrons. The van der Waals surface area contributed by atoms with Gasteiger partial charge in [0.05, 0.1) is 19.4 Å². The van der Waals surface area contributed by atoms with Crippen molar-refractivity contribution in [3.05, 3.63) is 77.4 Å². The lowest BCUT2D eigenvalue weighted by Crippen LogP contribution is -2.44. The standard InChI is InChI=1S/C30H42N3O3P/c1-5-35-37(34,36-6-2)25-9-19-31-20-18-28(30-11-8-7-10-26(30)3)15-12-27-13-16-29(17-14-27)33-23-21-32(4)22-24-33/h7-8,10-18,20H,5-6,9,19,21-25H2,1-4H3/b15-12?,28-18-,31-20+. The van der Waals surface area contributed by atoms with Crippen molar-refractivity contribution in [3.63, 3.8) is 0 Å². The van der Waals surface area contributed by atoms with Crippen LogP contribution >= 0.6 is 7.60 Å². The van der Waals surface area contributed by atoms with Gasteiger partial charge in [-0.05, 0) is 74.7 Å². The summed E-state index contributed by atoms with van der Waals surface area (Å²) in [5.74, 6) is 0. The molecule has 0 N–H and O–H groups in total. The van der Waals surface area contributed by atoms with Crippen LogP contribution in [0.2, 0.25) is 0 Å². The summed E-state index contributed by atoms with van der Waals surface area (Å²) in [6.07, 6.45) is 9.22. The highest BCUT2D eigenvalue weighted by atomic mass is 31.2. The summed E-state index contributed by atoms with van der Waals surface area (Å²) in [4.78, 5) is 9.36. The highest BCUT2D eigenvalue weighted by molar-refractivity contribution is 7.53. The van der Waals surface area contributed by atoms with Crippen LogP contribution in [-0.4, -0.2) is 70.3 Å². The van der Waals surface area contributed by atoms with Gasteiger partial charge in [0.25, 0.3) is 0 Å². The molecule has 2 aromatic rings. The van der Waals surface area contributed by atoms with Crippen molar-refractivity contribution in [1.29, 1.82) is 0 Å². The number of benzene rings is 2. The van der Waals surface area contributed by atoms with Crippen LogP contribution in [0.25, 0.3) is 11.6 Å². The fourth-order valence-corrected chi connectivity index (χ4v) is 5.95. The summed E-state index contributed by atoms with van der Waals surface area (Å²) in [5.41, 5.74) is 5.93. The van der Waals surface area contributed by atoms with Crippen molar-refractivity contribution in [3.8, 4) is 0 Å². The molecule has 1 heterocycles. The number of nitrogens with zero attached hydrogens (tertiary/aromatic N) is 3. The summed E-state index contributed by atoms with van der Waals surface area (Å²) in [7, 11) is -0.828. The van der Waals surface area contributed by atoms with E-state index >= 15 is 0 Å². The van der Waals surface area contributed by atoms with Gasteiger partial charge in [-0.15, -0.1) is 0 Å². The van der Waals surface area contributed by atoms with Gasteiger partial charge in [0.15, 0.2) is 0 Å². The lowest BCUT2D eigenvalue weighted by Gasteiger charge is -2.34. The number of rotatable bonds is 13. The van der Waals surface area contributed by atoms with Gasteiger partial charge in [-0.1, -0.05) is 48.6 Å². The van der Waals surface area contributed by atoms with Crippen LogP contribution in [0, 0.1) is 6.92 Å². The van der Waals surface area contributed by atoms with Crippen LogP contribution in [0.3, 0.4) is 0 Å². The largest absolute Gasteiger partial charge is 0.369 e. The van der Waals surface area contributed by atoms with E-state index in [1.807, 2.05) is 26.1 Å². The Kier molecular flexibility index (Phi) is 11.8. The van der Waals surface area contributed by atoms with Crippen LogP contribution in [0.4, 0.5) is 5.69 Å². The summed E-state index contributed by atoms with van der Waals surface area (Å²) in [5, 5.41) is 0. The molecule has 1 aliphatic heterocycles. The van der Waals surface area contributed by atoms with E-state index in [1.165, 1.54) is 16.8 Å². The Morgan fingerprint density at radius 2 is 1.68 bits per heavy atom. The first-order valence-corrected chi connectivity index (χ1v) is 15.0. The minimum Gasteiger partial charge on any atom is -0.369 e. The molecule has 0 spiro atoms. The SMILES string of the molecule is CCOP(=O)(CCC/N=C/C=C(/C=Cc1ccc(N2CCN(C)CC2)cc1)c1ccccc1C)OCC. The van der Waals surface area contributed by atoms with Crippen LogP contribution in [-0.2, 0) is 13.6 Å². The molecule has 7 heteroatoms. The zero-order valence-electron chi connectivity index (χ0n) is 22.8. The number of aliphatic imine (C=N–C) groups is 1. The average molecular weight is 524 g/mol.